The van der Waals surface area contributed by atoms with E-state index < -0.39 is 39.5 Å². The van der Waals surface area contributed by atoms with Gasteiger partial charge in [-0.15, -0.1) is 0 Å². The molecule has 0 aromatic heterocycles. The third kappa shape index (κ3) is 5.66. The Bertz CT molecular complexity index is 512. The van der Waals surface area contributed by atoms with Gasteiger partial charge in [-0.3, -0.25) is 0 Å². The summed E-state index contributed by atoms with van der Waals surface area (Å²) < 4.78 is 61.9. The molecular formula is C13H23F3N2O3S. The Kier molecular flexibility index (Phi) is 5.42. The highest BCUT2D eigenvalue weighted by atomic mass is 32.2. The van der Waals surface area contributed by atoms with Crippen LogP contribution in [0.3, 0.4) is 0 Å². The molecule has 1 fully saturated rings. The molecule has 0 aliphatic carbocycles. The Balaban J connectivity index is 2.75. The van der Waals surface area contributed by atoms with Gasteiger partial charge < -0.3 is 10.2 Å². The number of nitrogens with zero attached hydrogens (tertiary/aromatic N) is 1. The van der Waals surface area contributed by atoms with E-state index in [2.05, 4.69) is 0 Å². The van der Waals surface area contributed by atoms with Crippen molar-refractivity contribution < 1.29 is 26.4 Å². The lowest BCUT2D eigenvalue weighted by Crippen LogP contribution is -2.53. The molecular weight excluding hydrogens is 321 g/mol. The molecule has 1 N–H and O–H groups in total. The van der Waals surface area contributed by atoms with Gasteiger partial charge in [0.25, 0.3) is 0 Å². The van der Waals surface area contributed by atoms with Crippen LogP contribution in [-0.2, 0) is 9.84 Å². The first-order valence-corrected chi connectivity index (χ1v) is 8.84. The molecule has 0 bridgehead atoms. The van der Waals surface area contributed by atoms with Crippen LogP contribution in [0, 0.1) is 5.41 Å². The maximum atomic E-state index is 13.0. The maximum absolute atomic E-state index is 13.0. The Labute approximate surface area is 129 Å². The Hall–Kier alpha value is -0.990. The number of alkyl halides is 3. The smallest absolute Gasteiger partial charge is 0.326 e. The van der Waals surface area contributed by atoms with E-state index in [1.54, 1.807) is 20.8 Å². The van der Waals surface area contributed by atoms with Crippen molar-refractivity contribution in [2.45, 2.75) is 51.9 Å². The lowest BCUT2D eigenvalue weighted by molar-refractivity contribution is -0.159. The van der Waals surface area contributed by atoms with Crippen LogP contribution in [0.15, 0.2) is 0 Å². The second-order valence-electron chi connectivity index (χ2n) is 6.98. The van der Waals surface area contributed by atoms with E-state index in [0.29, 0.717) is 0 Å². The van der Waals surface area contributed by atoms with Gasteiger partial charge in [0, 0.05) is 13.1 Å². The number of sulfone groups is 1. The largest absolute Gasteiger partial charge is 0.408 e. The monoisotopic (exact) mass is 344 g/mol. The van der Waals surface area contributed by atoms with Crippen molar-refractivity contribution in [2.75, 3.05) is 18.6 Å². The molecule has 1 saturated heterocycles. The molecule has 5 nitrogen and oxygen atoms in total. The van der Waals surface area contributed by atoms with Crippen LogP contribution in [0.2, 0.25) is 0 Å². The predicted octanol–water partition coefficient (Wildman–Crippen LogP) is 2.18. The zero-order chi connectivity index (χ0) is 17.3. The van der Waals surface area contributed by atoms with Crippen molar-refractivity contribution in [1.29, 1.82) is 0 Å². The number of nitrogens with one attached hydrogen (secondary N) is 1. The molecule has 0 aromatic rings. The molecule has 0 aromatic carbocycles. The van der Waals surface area contributed by atoms with Crippen LogP contribution < -0.4 is 5.32 Å². The van der Waals surface area contributed by atoms with E-state index in [-0.39, 0.29) is 24.3 Å². The Morgan fingerprint density at radius 3 is 2.23 bits per heavy atom. The summed E-state index contributed by atoms with van der Waals surface area (Å²) in [5.41, 5.74) is -0.608. The summed E-state index contributed by atoms with van der Waals surface area (Å²) in [5.74, 6) is -0.243. The molecule has 2 unspecified atom stereocenters. The first-order valence-electron chi connectivity index (χ1n) is 7.02. The van der Waals surface area contributed by atoms with Crippen LogP contribution in [-0.4, -0.2) is 56.2 Å². The number of carbonyl (C=O) groups is 1. The Morgan fingerprint density at radius 2 is 1.86 bits per heavy atom. The van der Waals surface area contributed by atoms with E-state index in [0.717, 1.165) is 4.90 Å². The van der Waals surface area contributed by atoms with Gasteiger partial charge in [0.2, 0.25) is 0 Å². The second kappa shape index (κ2) is 6.25. The second-order valence-corrected chi connectivity index (χ2v) is 9.20. The third-order valence-electron chi connectivity index (χ3n) is 3.59. The summed E-state index contributed by atoms with van der Waals surface area (Å²) in [4.78, 5) is 13.1. The summed E-state index contributed by atoms with van der Waals surface area (Å²) in [7, 11) is -1.88. The number of halogens is 3. The summed E-state index contributed by atoms with van der Waals surface area (Å²) in [6, 6.07) is -3.43. The first-order chi connectivity index (χ1) is 9.71. The summed E-state index contributed by atoms with van der Waals surface area (Å²) >= 11 is 0. The highest BCUT2D eigenvalue weighted by Crippen LogP contribution is 2.30. The number of urea groups is 1. The van der Waals surface area contributed by atoms with Crippen LogP contribution in [0.1, 0.15) is 33.6 Å². The fourth-order valence-electron chi connectivity index (χ4n) is 2.36. The highest BCUT2D eigenvalue weighted by molar-refractivity contribution is 7.91. The minimum absolute atomic E-state index is 0.0417. The van der Waals surface area contributed by atoms with E-state index in [9.17, 15) is 26.4 Å². The fourth-order valence-corrected chi connectivity index (χ4v) is 4.13. The number of rotatable bonds is 3. The first kappa shape index (κ1) is 19.1. The van der Waals surface area contributed by atoms with Crippen LogP contribution in [0.4, 0.5) is 18.0 Å². The zero-order valence-electron chi connectivity index (χ0n) is 13.2. The number of hydrogen-bond donors (Lipinski definition) is 1. The van der Waals surface area contributed by atoms with Gasteiger partial charge in [-0.2, -0.15) is 13.2 Å². The van der Waals surface area contributed by atoms with Gasteiger partial charge in [-0.05, 0) is 18.3 Å². The molecule has 0 saturated carbocycles. The topological polar surface area (TPSA) is 66.5 Å². The van der Waals surface area contributed by atoms with Gasteiger partial charge in [-0.1, -0.05) is 20.8 Å². The van der Waals surface area contributed by atoms with Gasteiger partial charge in [0.1, 0.15) is 6.04 Å². The van der Waals surface area contributed by atoms with Crippen molar-refractivity contribution in [3.8, 4) is 0 Å². The van der Waals surface area contributed by atoms with Crippen molar-refractivity contribution in [1.82, 2.24) is 10.2 Å². The minimum atomic E-state index is -4.55. The summed E-state index contributed by atoms with van der Waals surface area (Å²) in [6.07, 6.45) is -4.55. The maximum Gasteiger partial charge on any atom is 0.408 e. The molecule has 0 radical (unpaired) electrons. The highest BCUT2D eigenvalue weighted by Gasteiger charge is 2.43. The SMILES string of the molecule is CN(C(=O)NC(CC(C)(C)C)C(F)(F)F)C1CCS(=O)(=O)C1. The Morgan fingerprint density at radius 1 is 1.32 bits per heavy atom. The lowest BCUT2D eigenvalue weighted by Gasteiger charge is -2.31. The van der Waals surface area contributed by atoms with Gasteiger partial charge in [-0.25, -0.2) is 13.2 Å². The van der Waals surface area contributed by atoms with Gasteiger partial charge in [0.15, 0.2) is 9.84 Å². The van der Waals surface area contributed by atoms with E-state index in [4.69, 9.17) is 0 Å². The average molecular weight is 344 g/mol. The van der Waals surface area contributed by atoms with Gasteiger partial charge >= 0.3 is 12.2 Å². The van der Waals surface area contributed by atoms with E-state index in [1.807, 2.05) is 5.32 Å². The molecule has 0 spiro atoms. The van der Waals surface area contributed by atoms with Crippen molar-refractivity contribution in [3.05, 3.63) is 0 Å². The van der Waals surface area contributed by atoms with E-state index >= 15 is 0 Å². The predicted molar refractivity (Wildman–Crippen MR) is 77.3 cm³/mol. The summed E-state index contributed by atoms with van der Waals surface area (Å²) in [5, 5.41) is 1.98. The van der Waals surface area contributed by atoms with Crippen molar-refractivity contribution >= 4 is 15.9 Å². The van der Waals surface area contributed by atoms with Crippen LogP contribution >= 0.6 is 0 Å². The molecule has 1 heterocycles. The third-order valence-corrected chi connectivity index (χ3v) is 5.34. The minimum Gasteiger partial charge on any atom is -0.326 e. The van der Waals surface area contributed by atoms with Crippen LogP contribution in [0.5, 0.6) is 0 Å². The standard InChI is InChI=1S/C13H23F3N2O3S/c1-12(2,3)7-10(13(14,15)16)17-11(19)18(4)9-5-6-22(20,21)8-9/h9-10H,5-8H2,1-4H3,(H,17,19). The lowest BCUT2D eigenvalue weighted by atomic mass is 9.88. The molecule has 22 heavy (non-hydrogen) atoms. The van der Waals surface area contributed by atoms with Gasteiger partial charge in [0.05, 0.1) is 11.5 Å². The summed E-state index contributed by atoms with van der Waals surface area (Å²) in [6.45, 7) is 4.97. The van der Waals surface area contributed by atoms with E-state index in [1.165, 1.54) is 7.05 Å². The fraction of sp³-hybridized carbons (Fsp3) is 0.923. The number of amides is 2. The molecule has 130 valence electrons. The number of hydrogen-bond acceptors (Lipinski definition) is 3. The van der Waals surface area contributed by atoms with Crippen molar-refractivity contribution in [3.63, 3.8) is 0 Å². The van der Waals surface area contributed by atoms with Crippen LogP contribution in [0.25, 0.3) is 0 Å². The molecule has 9 heteroatoms. The normalized spacial score (nSPS) is 23.1. The number of carbonyl (C=O) groups excluding carboxylic acids is 1. The molecule has 1 aliphatic heterocycles. The zero-order valence-corrected chi connectivity index (χ0v) is 14.0. The van der Waals surface area contributed by atoms with Crippen molar-refractivity contribution in [2.24, 2.45) is 5.41 Å². The molecule has 1 rings (SSSR count). The quantitative estimate of drug-likeness (QED) is 0.853. The average Bonchev–Trinajstić information content (AvgIpc) is 2.64. The molecule has 2 atom stereocenters. The molecule has 1 aliphatic rings. The molecule has 2 amide bonds.